The number of hydrogen-bond donors (Lipinski definition) is 1. The number of ether oxygens (including phenoxy) is 4. The van der Waals surface area contributed by atoms with E-state index in [0.29, 0.717) is 12.0 Å². The SMILES string of the molecule is CNC(=O)O[C@@H]1OC=C(C(=O)OCc2ccccc2)[C@H]2C[C@@H]3O[C@]3(C)[C@@H]12. The van der Waals surface area contributed by atoms with Gasteiger partial charge in [-0.2, -0.15) is 0 Å². The monoisotopic (exact) mass is 359 g/mol. The summed E-state index contributed by atoms with van der Waals surface area (Å²) in [5.74, 6) is -0.772. The Hall–Kier alpha value is -2.54. The summed E-state index contributed by atoms with van der Waals surface area (Å²) < 4.78 is 22.1. The number of carbonyl (C=O) groups is 2. The van der Waals surface area contributed by atoms with Crippen LogP contribution < -0.4 is 5.32 Å². The van der Waals surface area contributed by atoms with Gasteiger partial charge in [-0.1, -0.05) is 30.3 Å². The number of rotatable bonds is 4. The third-order valence-corrected chi connectivity index (χ3v) is 5.44. The average Bonchev–Trinajstić information content (AvgIpc) is 3.21. The van der Waals surface area contributed by atoms with Gasteiger partial charge in [0.25, 0.3) is 6.29 Å². The summed E-state index contributed by atoms with van der Waals surface area (Å²) in [5, 5.41) is 2.41. The maximum atomic E-state index is 12.6. The number of hydrogen-bond acceptors (Lipinski definition) is 6. The minimum absolute atomic E-state index is 0.0420. The zero-order chi connectivity index (χ0) is 18.3. The number of alkyl carbamates (subject to hydrolysis) is 1. The van der Waals surface area contributed by atoms with E-state index in [0.717, 1.165) is 5.56 Å². The number of fused-ring (bicyclic) bond motifs is 3. The molecule has 0 bridgehead atoms. The second kappa shape index (κ2) is 6.32. The van der Waals surface area contributed by atoms with Gasteiger partial charge < -0.3 is 24.3 Å². The van der Waals surface area contributed by atoms with Crippen molar-refractivity contribution >= 4 is 12.1 Å². The van der Waals surface area contributed by atoms with Gasteiger partial charge in [0.05, 0.1) is 23.9 Å². The van der Waals surface area contributed by atoms with Gasteiger partial charge >= 0.3 is 12.1 Å². The van der Waals surface area contributed by atoms with Crippen molar-refractivity contribution in [2.75, 3.05) is 7.05 Å². The Bertz CT molecular complexity index is 748. The molecule has 26 heavy (non-hydrogen) atoms. The maximum absolute atomic E-state index is 12.6. The molecule has 5 atom stereocenters. The van der Waals surface area contributed by atoms with Gasteiger partial charge in [-0.3, -0.25) is 0 Å². The summed E-state index contributed by atoms with van der Waals surface area (Å²) >= 11 is 0. The molecule has 1 aromatic rings. The summed E-state index contributed by atoms with van der Waals surface area (Å²) in [6.07, 6.45) is 0.731. The molecule has 0 spiro atoms. The lowest BCUT2D eigenvalue weighted by atomic mass is 9.82. The minimum Gasteiger partial charge on any atom is -0.461 e. The number of carbonyl (C=O) groups excluding carboxylic acids is 2. The first-order chi connectivity index (χ1) is 12.5. The standard InChI is InChI=1S/C19H21NO6/c1-19-14(26-19)8-12-13(10-24-17(15(12)19)25-18(22)20-2)16(21)23-9-11-6-4-3-5-7-11/h3-7,10,12,14-15,17H,8-9H2,1-2H3,(H,20,22)/t12-,14+,15-,17+,19+/m1/s1. The van der Waals surface area contributed by atoms with E-state index < -0.39 is 24.0 Å². The summed E-state index contributed by atoms with van der Waals surface area (Å²) in [6, 6.07) is 9.49. The quantitative estimate of drug-likeness (QED) is 0.655. The fraction of sp³-hybridized carbons (Fsp3) is 0.474. The number of amides is 1. The lowest BCUT2D eigenvalue weighted by Crippen LogP contribution is -2.44. The lowest BCUT2D eigenvalue weighted by molar-refractivity contribution is -0.152. The van der Waals surface area contributed by atoms with Gasteiger partial charge in [0, 0.05) is 13.0 Å². The first-order valence-corrected chi connectivity index (χ1v) is 8.65. The molecule has 138 valence electrons. The Kier molecular flexibility index (Phi) is 4.11. The van der Waals surface area contributed by atoms with Crippen molar-refractivity contribution in [3.63, 3.8) is 0 Å². The molecule has 0 aromatic heterocycles. The molecular formula is C19H21NO6. The van der Waals surface area contributed by atoms with Crippen LogP contribution in [-0.2, 0) is 30.3 Å². The fourth-order valence-electron chi connectivity index (χ4n) is 3.99. The van der Waals surface area contributed by atoms with Crippen molar-refractivity contribution in [2.45, 2.75) is 37.9 Å². The number of benzene rings is 1. The molecule has 1 aliphatic carbocycles. The van der Waals surface area contributed by atoms with E-state index in [-0.39, 0.29) is 24.5 Å². The molecule has 3 aliphatic rings. The van der Waals surface area contributed by atoms with Gasteiger partial charge in [-0.05, 0) is 18.9 Å². The first-order valence-electron chi connectivity index (χ1n) is 8.65. The normalized spacial score (nSPS) is 33.8. The molecule has 7 nitrogen and oxygen atoms in total. The van der Waals surface area contributed by atoms with E-state index in [1.165, 1.54) is 13.3 Å². The van der Waals surface area contributed by atoms with Gasteiger partial charge in [-0.15, -0.1) is 0 Å². The molecule has 1 saturated carbocycles. The molecule has 1 amide bonds. The third kappa shape index (κ3) is 2.82. The molecule has 2 fully saturated rings. The third-order valence-electron chi connectivity index (χ3n) is 5.44. The van der Waals surface area contributed by atoms with E-state index in [9.17, 15) is 9.59 Å². The predicted molar refractivity (Wildman–Crippen MR) is 89.6 cm³/mol. The zero-order valence-corrected chi connectivity index (χ0v) is 14.6. The Labute approximate surface area is 151 Å². The van der Waals surface area contributed by atoms with Crippen molar-refractivity contribution in [3.8, 4) is 0 Å². The maximum Gasteiger partial charge on any atom is 0.409 e. The summed E-state index contributed by atoms with van der Waals surface area (Å²) in [7, 11) is 1.48. The Morgan fingerprint density at radius 3 is 2.81 bits per heavy atom. The van der Waals surface area contributed by atoms with Crippen LogP contribution in [-0.4, -0.2) is 37.1 Å². The Morgan fingerprint density at radius 1 is 1.31 bits per heavy atom. The molecule has 7 heteroatoms. The second-order valence-electron chi connectivity index (χ2n) is 6.95. The number of epoxide rings is 1. The molecule has 0 radical (unpaired) electrons. The molecule has 1 saturated heterocycles. The van der Waals surface area contributed by atoms with Crippen LogP contribution in [0.15, 0.2) is 42.2 Å². The van der Waals surface area contributed by atoms with Crippen molar-refractivity contribution < 1.29 is 28.5 Å². The van der Waals surface area contributed by atoms with Crippen molar-refractivity contribution in [3.05, 3.63) is 47.7 Å². The van der Waals surface area contributed by atoms with E-state index in [2.05, 4.69) is 5.32 Å². The van der Waals surface area contributed by atoms with Crippen LogP contribution in [0, 0.1) is 11.8 Å². The first kappa shape index (κ1) is 16.9. The topological polar surface area (TPSA) is 86.4 Å². The Balaban J connectivity index is 1.49. The summed E-state index contributed by atoms with van der Waals surface area (Å²) in [6.45, 7) is 2.16. The van der Waals surface area contributed by atoms with Crippen LogP contribution in [0.25, 0.3) is 0 Å². The van der Waals surface area contributed by atoms with Gasteiger partial charge in [0.2, 0.25) is 0 Å². The van der Waals surface area contributed by atoms with E-state index in [4.69, 9.17) is 18.9 Å². The van der Waals surface area contributed by atoms with E-state index in [1.807, 2.05) is 37.3 Å². The highest BCUT2D eigenvalue weighted by Crippen LogP contribution is 2.61. The van der Waals surface area contributed by atoms with Crippen molar-refractivity contribution in [1.82, 2.24) is 5.32 Å². The van der Waals surface area contributed by atoms with Crippen molar-refractivity contribution in [1.29, 1.82) is 0 Å². The number of esters is 1. The molecule has 0 unspecified atom stereocenters. The van der Waals surface area contributed by atoms with Crippen molar-refractivity contribution in [2.24, 2.45) is 11.8 Å². The molecule has 4 rings (SSSR count). The van der Waals surface area contributed by atoms with Gasteiger partial charge in [0.15, 0.2) is 0 Å². The minimum atomic E-state index is -0.789. The molecule has 2 heterocycles. The van der Waals surface area contributed by atoms with Gasteiger partial charge in [0.1, 0.15) is 12.2 Å². The summed E-state index contributed by atoms with van der Waals surface area (Å²) in [4.78, 5) is 24.2. The van der Waals surface area contributed by atoms with Crippen LogP contribution in [0.2, 0.25) is 0 Å². The van der Waals surface area contributed by atoms with Crippen LogP contribution in [0.1, 0.15) is 18.9 Å². The van der Waals surface area contributed by atoms with Crippen LogP contribution >= 0.6 is 0 Å². The fourth-order valence-corrected chi connectivity index (χ4v) is 3.99. The Morgan fingerprint density at radius 2 is 2.08 bits per heavy atom. The number of nitrogens with one attached hydrogen (secondary N) is 1. The molecule has 2 aliphatic heterocycles. The highest BCUT2D eigenvalue weighted by Gasteiger charge is 2.71. The zero-order valence-electron chi connectivity index (χ0n) is 14.6. The molecule has 1 aromatic carbocycles. The summed E-state index contributed by atoms with van der Waals surface area (Å²) in [5.41, 5.74) is 0.947. The van der Waals surface area contributed by atoms with Crippen LogP contribution in [0.4, 0.5) is 4.79 Å². The smallest absolute Gasteiger partial charge is 0.409 e. The molecule has 1 N–H and O–H groups in total. The predicted octanol–water partition coefficient (Wildman–Crippen LogP) is 2.12. The molecular weight excluding hydrogens is 338 g/mol. The highest BCUT2D eigenvalue weighted by molar-refractivity contribution is 5.89. The largest absolute Gasteiger partial charge is 0.461 e. The van der Waals surface area contributed by atoms with Crippen LogP contribution in [0.3, 0.4) is 0 Å². The lowest BCUT2D eigenvalue weighted by Gasteiger charge is -2.35. The van der Waals surface area contributed by atoms with Crippen LogP contribution in [0.5, 0.6) is 0 Å². The average molecular weight is 359 g/mol. The van der Waals surface area contributed by atoms with E-state index in [1.54, 1.807) is 0 Å². The highest BCUT2D eigenvalue weighted by atomic mass is 16.7. The van der Waals surface area contributed by atoms with E-state index >= 15 is 0 Å². The van der Waals surface area contributed by atoms with Gasteiger partial charge in [-0.25, -0.2) is 9.59 Å². The second-order valence-corrected chi connectivity index (χ2v) is 6.95.